The smallest absolute Gasteiger partial charge is 0.407 e. The molecule has 3 nitrogen and oxygen atoms in total. The first kappa shape index (κ1) is 17.7. The van der Waals surface area contributed by atoms with E-state index in [2.05, 4.69) is 48.6 Å². The fraction of sp³-hybridized carbons (Fsp3) is 0.174. The van der Waals surface area contributed by atoms with Gasteiger partial charge < -0.3 is 10.1 Å². The third-order valence-corrected chi connectivity index (χ3v) is 4.35. The summed E-state index contributed by atoms with van der Waals surface area (Å²) >= 11 is 0. The molecular formula is C23H23NO2. The fourth-order valence-electron chi connectivity index (χ4n) is 2.76. The van der Waals surface area contributed by atoms with E-state index >= 15 is 0 Å². The molecule has 1 atom stereocenters. The molecule has 3 rings (SSSR count). The van der Waals surface area contributed by atoms with E-state index in [1.165, 1.54) is 16.7 Å². The standard InChI is InChI=1S/C23H23NO2/c1-18(16-24-23(25)26-17-19-8-4-2-5-9-19)20-12-14-22(15-13-20)21-10-6-3-7-11-21/h2-15,18H,16-17H2,1H3,(H,24,25). The molecule has 0 aliphatic rings. The highest BCUT2D eigenvalue weighted by Crippen LogP contribution is 2.22. The maximum absolute atomic E-state index is 11.9. The zero-order chi connectivity index (χ0) is 18.2. The summed E-state index contributed by atoms with van der Waals surface area (Å²) in [5.41, 5.74) is 4.56. The topological polar surface area (TPSA) is 38.3 Å². The summed E-state index contributed by atoms with van der Waals surface area (Å²) in [7, 11) is 0. The number of amides is 1. The van der Waals surface area contributed by atoms with E-state index in [4.69, 9.17) is 4.74 Å². The molecule has 0 aliphatic carbocycles. The minimum atomic E-state index is -0.387. The van der Waals surface area contributed by atoms with Crippen LogP contribution in [0.15, 0.2) is 84.9 Å². The van der Waals surface area contributed by atoms with Gasteiger partial charge in [-0.3, -0.25) is 0 Å². The number of carbonyl (C=O) groups excluding carboxylic acids is 1. The van der Waals surface area contributed by atoms with Crippen LogP contribution in [0.3, 0.4) is 0 Å². The van der Waals surface area contributed by atoms with Crippen molar-refractivity contribution in [1.82, 2.24) is 5.32 Å². The van der Waals surface area contributed by atoms with Crippen LogP contribution >= 0.6 is 0 Å². The normalized spacial score (nSPS) is 11.6. The van der Waals surface area contributed by atoms with E-state index < -0.39 is 0 Å². The van der Waals surface area contributed by atoms with E-state index in [0.717, 1.165) is 5.56 Å². The van der Waals surface area contributed by atoms with Gasteiger partial charge in [0.2, 0.25) is 0 Å². The van der Waals surface area contributed by atoms with Gasteiger partial charge in [0.05, 0.1) is 0 Å². The quantitative estimate of drug-likeness (QED) is 0.651. The molecule has 0 spiro atoms. The number of rotatable bonds is 6. The van der Waals surface area contributed by atoms with Gasteiger partial charge in [-0.25, -0.2) is 4.79 Å². The SMILES string of the molecule is CC(CNC(=O)OCc1ccccc1)c1ccc(-c2ccccc2)cc1. The maximum atomic E-state index is 11.9. The minimum absolute atomic E-state index is 0.212. The Balaban J connectivity index is 1.48. The van der Waals surface area contributed by atoms with Crippen LogP contribution < -0.4 is 5.32 Å². The molecule has 0 saturated heterocycles. The van der Waals surface area contributed by atoms with Crippen molar-refractivity contribution in [3.63, 3.8) is 0 Å². The van der Waals surface area contributed by atoms with Crippen molar-refractivity contribution in [3.8, 4) is 11.1 Å². The second kappa shape index (κ2) is 8.86. The van der Waals surface area contributed by atoms with Crippen molar-refractivity contribution in [3.05, 3.63) is 96.1 Å². The molecule has 1 amide bonds. The van der Waals surface area contributed by atoms with Gasteiger partial charge in [-0.15, -0.1) is 0 Å². The van der Waals surface area contributed by atoms with E-state index in [0.29, 0.717) is 6.54 Å². The summed E-state index contributed by atoms with van der Waals surface area (Å²) in [6, 6.07) is 28.4. The third kappa shape index (κ3) is 4.96. The Hall–Kier alpha value is -3.07. The second-order valence-corrected chi connectivity index (χ2v) is 6.33. The highest BCUT2D eigenvalue weighted by atomic mass is 16.5. The molecule has 0 aromatic heterocycles. The lowest BCUT2D eigenvalue weighted by Gasteiger charge is -2.14. The molecule has 3 aromatic rings. The molecule has 0 radical (unpaired) electrons. The molecule has 3 heteroatoms. The Labute approximate surface area is 154 Å². The van der Waals surface area contributed by atoms with Crippen LogP contribution in [0.2, 0.25) is 0 Å². The number of hydrogen-bond acceptors (Lipinski definition) is 2. The van der Waals surface area contributed by atoms with Crippen LogP contribution in [-0.4, -0.2) is 12.6 Å². The van der Waals surface area contributed by atoms with E-state index in [9.17, 15) is 4.79 Å². The van der Waals surface area contributed by atoms with Crippen molar-refractivity contribution in [1.29, 1.82) is 0 Å². The molecule has 132 valence electrons. The fourth-order valence-corrected chi connectivity index (χ4v) is 2.76. The predicted molar refractivity (Wildman–Crippen MR) is 105 cm³/mol. The van der Waals surface area contributed by atoms with Crippen molar-refractivity contribution in [2.45, 2.75) is 19.4 Å². The largest absolute Gasteiger partial charge is 0.445 e. The Morgan fingerprint density at radius 2 is 1.42 bits per heavy atom. The number of alkyl carbamates (subject to hydrolysis) is 1. The molecule has 3 aromatic carbocycles. The average Bonchev–Trinajstić information content (AvgIpc) is 2.72. The number of carbonyl (C=O) groups is 1. The molecule has 0 saturated carbocycles. The van der Waals surface area contributed by atoms with Gasteiger partial charge in [-0.05, 0) is 28.2 Å². The zero-order valence-electron chi connectivity index (χ0n) is 14.9. The lowest BCUT2D eigenvalue weighted by atomic mass is 9.97. The van der Waals surface area contributed by atoms with Crippen LogP contribution in [-0.2, 0) is 11.3 Å². The van der Waals surface area contributed by atoms with Gasteiger partial charge in [0, 0.05) is 6.54 Å². The van der Waals surface area contributed by atoms with Gasteiger partial charge in [-0.1, -0.05) is 91.9 Å². The first-order valence-corrected chi connectivity index (χ1v) is 8.82. The van der Waals surface area contributed by atoms with Crippen LogP contribution in [0.4, 0.5) is 4.79 Å². The summed E-state index contributed by atoms with van der Waals surface area (Å²) in [5, 5.41) is 2.84. The lowest BCUT2D eigenvalue weighted by Crippen LogP contribution is -2.28. The highest BCUT2D eigenvalue weighted by molar-refractivity contribution is 5.67. The molecule has 0 fully saturated rings. The maximum Gasteiger partial charge on any atom is 0.407 e. The second-order valence-electron chi connectivity index (χ2n) is 6.33. The monoisotopic (exact) mass is 345 g/mol. The van der Waals surface area contributed by atoms with Crippen molar-refractivity contribution >= 4 is 6.09 Å². The van der Waals surface area contributed by atoms with Gasteiger partial charge in [0.15, 0.2) is 0 Å². The molecule has 0 aliphatic heterocycles. The van der Waals surface area contributed by atoms with Gasteiger partial charge in [0.25, 0.3) is 0 Å². The zero-order valence-corrected chi connectivity index (χ0v) is 14.9. The first-order chi connectivity index (χ1) is 12.7. The summed E-state index contributed by atoms with van der Waals surface area (Å²) in [4.78, 5) is 11.9. The van der Waals surface area contributed by atoms with E-state index in [-0.39, 0.29) is 18.6 Å². The molecule has 1 N–H and O–H groups in total. The number of hydrogen-bond donors (Lipinski definition) is 1. The van der Waals surface area contributed by atoms with E-state index in [1.54, 1.807) is 0 Å². The van der Waals surface area contributed by atoms with Gasteiger partial charge in [-0.2, -0.15) is 0 Å². The van der Waals surface area contributed by atoms with Crippen LogP contribution in [0, 0.1) is 0 Å². The highest BCUT2D eigenvalue weighted by Gasteiger charge is 2.09. The van der Waals surface area contributed by atoms with Crippen LogP contribution in [0.1, 0.15) is 24.0 Å². The van der Waals surface area contributed by atoms with Crippen LogP contribution in [0.5, 0.6) is 0 Å². The summed E-state index contributed by atoms with van der Waals surface area (Å²) in [6.07, 6.45) is -0.387. The molecule has 26 heavy (non-hydrogen) atoms. The Kier molecular flexibility index (Phi) is 6.05. The molecule has 0 heterocycles. The van der Waals surface area contributed by atoms with Crippen molar-refractivity contribution in [2.24, 2.45) is 0 Å². The van der Waals surface area contributed by atoms with Crippen molar-refractivity contribution in [2.75, 3.05) is 6.54 Å². The number of ether oxygens (including phenoxy) is 1. The van der Waals surface area contributed by atoms with Crippen molar-refractivity contribution < 1.29 is 9.53 Å². The number of nitrogens with one attached hydrogen (secondary N) is 1. The first-order valence-electron chi connectivity index (χ1n) is 8.82. The summed E-state index contributed by atoms with van der Waals surface area (Å²) < 4.78 is 5.24. The lowest BCUT2D eigenvalue weighted by molar-refractivity contribution is 0.139. The Morgan fingerprint density at radius 3 is 2.08 bits per heavy atom. The van der Waals surface area contributed by atoms with Gasteiger partial charge >= 0.3 is 6.09 Å². The molecule has 1 unspecified atom stereocenters. The molecular weight excluding hydrogens is 322 g/mol. The predicted octanol–water partition coefficient (Wildman–Crippen LogP) is 5.38. The number of benzene rings is 3. The van der Waals surface area contributed by atoms with Crippen LogP contribution in [0.25, 0.3) is 11.1 Å². The Morgan fingerprint density at radius 1 is 0.846 bits per heavy atom. The molecule has 0 bridgehead atoms. The van der Waals surface area contributed by atoms with Gasteiger partial charge in [0.1, 0.15) is 6.61 Å². The summed E-state index contributed by atoms with van der Waals surface area (Å²) in [6.45, 7) is 2.92. The minimum Gasteiger partial charge on any atom is -0.445 e. The van der Waals surface area contributed by atoms with E-state index in [1.807, 2.05) is 48.5 Å². The third-order valence-electron chi connectivity index (χ3n) is 4.35. The average molecular weight is 345 g/mol. The summed E-state index contributed by atoms with van der Waals surface area (Å²) in [5.74, 6) is 0.212. The Bertz CT molecular complexity index is 814.